The molecule has 0 bridgehead atoms. The maximum atomic E-state index is 14.3. The minimum Gasteiger partial charge on any atom is -0.507 e. The molecule has 0 radical (unpaired) electrons. The van der Waals surface area contributed by atoms with Crippen LogP contribution in [-0.4, -0.2) is 70.2 Å². The fourth-order valence-corrected chi connectivity index (χ4v) is 10.7. The van der Waals surface area contributed by atoms with E-state index in [9.17, 15) is 39.6 Å². The van der Waals surface area contributed by atoms with Crippen LogP contribution in [0.25, 0.3) is 0 Å². The van der Waals surface area contributed by atoms with Gasteiger partial charge in [-0.1, -0.05) is 215 Å². The molecule has 0 aliphatic heterocycles. The van der Waals surface area contributed by atoms with Gasteiger partial charge in [0.1, 0.15) is 54.3 Å². The average Bonchev–Trinajstić information content (AvgIpc) is 0.948. The number of phenols is 4. The first-order valence-electron chi connectivity index (χ1n) is 31.0. The molecule has 1 unspecified atom stereocenters. The van der Waals surface area contributed by atoms with Crippen LogP contribution in [0.4, 0.5) is 0 Å². The first-order valence-corrected chi connectivity index (χ1v) is 31.0. The Bertz CT molecular complexity index is 2680. The lowest BCUT2D eigenvalue weighted by Gasteiger charge is -2.36. The molecule has 0 amide bonds. The van der Waals surface area contributed by atoms with Crippen LogP contribution in [0.5, 0.6) is 23.0 Å². The Hall–Kier alpha value is -6.04. The topological polar surface area (TPSA) is 186 Å². The highest BCUT2D eigenvalue weighted by molar-refractivity contribution is 5.72. The van der Waals surface area contributed by atoms with Crippen molar-refractivity contribution < 1.29 is 58.6 Å². The number of carbonyl (C=O) groups excluding carboxylic acids is 4. The molecule has 86 heavy (non-hydrogen) atoms. The predicted octanol–water partition coefficient (Wildman–Crippen LogP) is 16.3. The lowest BCUT2D eigenvalue weighted by molar-refractivity contribution is -0.181. The van der Waals surface area contributed by atoms with Gasteiger partial charge in [0.2, 0.25) is 0 Å². The number of phenolic OH excluding ortho intramolecular Hbond substituents is 4. The number of ether oxygens (including phenoxy) is 4. The van der Waals surface area contributed by atoms with Gasteiger partial charge in [0, 0.05) is 25.7 Å². The van der Waals surface area contributed by atoms with Crippen LogP contribution in [0.1, 0.15) is 266 Å². The van der Waals surface area contributed by atoms with Crippen LogP contribution >= 0.6 is 0 Å². The first kappa shape index (κ1) is 72.4. The molecule has 4 aromatic rings. The highest BCUT2D eigenvalue weighted by atomic mass is 16.6. The molecule has 1 atom stereocenters. The molecule has 4 rings (SSSR count). The molecule has 0 saturated carbocycles. The smallest absolute Gasteiger partial charge is 0.306 e. The number of carbonyl (C=O) groups is 4. The Morgan fingerprint density at radius 3 is 0.640 bits per heavy atom. The normalized spacial score (nSPS) is 13.5. The average molecular weight is 1190 g/mol. The molecule has 0 aromatic heterocycles. The third kappa shape index (κ3) is 19.5. The lowest BCUT2D eigenvalue weighted by Crippen LogP contribution is -2.49. The number of benzene rings is 4. The summed E-state index contributed by atoms with van der Waals surface area (Å²) in [5.41, 5.74) is 4.53. The molecule has 0 aliphatic carbocycles. The largest absolute Gasteiger partial charge is 0.507 e. The quantitative estimate of drug-likeness (QED) is 0.0485. The van der Waals surface area contributed by atoms with E-state index >= 15 is 0 Å². The summed E-state index contributed by atoms with van der Waals surface area (Å²) in [5.74, 6) is -1.50. The molecule has 0 heterocycles. The summed E-state index contributed by atoms with van der Waals surface area (Å²) in [6.45, 7) is 48.8. The molecular formula is C74H110O12. The van der Waals surface area contributed by atoms with E-state index in [1.54, 1.807) is 6.92 Å². The lowest BCUT2D eigenvalue weighted by atomic mass is 9.78. The SMILES string of the molecule is CC(OC(=O)CCc1cc(C(C)(C)C)c(O)c(C(C)(C)C)c1)C(COC(=O)CCc1cc(C(C)(C)C)c(O)c(C(C)(C)C)c1)(COC(=O)CCc1cc(C(C)(C)C)c(O)c(C(C)(C)C)c1)COC(=O)CCc1cc(C(C)(C)C)c(O)c(C(C)(C)C)c1. The second-order valence-corrected chi connectivity index (χ2v) is 32.6. The summed E-state index contributed by atoms with van der Waals surface area (Å²) in [6.07, 6.45) is -0.359. The number of esters is 4. The van der Waals surface area contributed by atoms with Crippen LogP contribution < -0.4 is 0 Å². The Morgan fingerprint density at radius 2 is 0.477 bits per heavy atom. The monoisotopic (exact) mass is 1190 g/mol. The summed E-state index contributed by atoms with van der Waals surface area (Å²) in [6, 6.07) is 15.4. The van der Waals surface area contributed by atoms with Gasteiger partial charge in [-0.25, -0.2) is 0 Å². The third-order valence-corrected chi connectivity index (χ3v) is 16.3. The van der Waals surface area contributed by atoms with Crippen molar-refractivity contribution in [3.8, 4) is 23.0 Å². The molecular weight excluding hydrogens is 1080 g/mol. The van der Waals surface area contributed by atoms with E-state index in [-0.39, 0.29) is 74.4 Å². The molecule has 0 fully saturated rings. The van der Waals surface area contributed by atoms with Crippen molar-refractivity contribution in [2.75, 3.05) is 19.8 Å². The zero-order valence-corrected chi connectivity index (χ0v) is 57.5. The van der Waals surface area contributed by atoms with Gasteiger partial charge in [0.15, 0.2) is 0 Å². The Balaban J connectivity index is 1.80. The third-order valence-electron chi connectivity index (χ3n) is 16.3. The van der Waals surface area contributed by atoms with E-state index in [1.165, 1.54) is 0 Å². The summed E-state index contributed by atoms with van der Waals surface area (Å²) >= 11 is 0. The van der Waals surface area contributed by atoms with E-state index in [1.807, 2.05) is 215 Å². The van der Waals surface area contributed by atoms with Crippen molar-refractivity contribution in [2.45, 2.75) is 274 Å². The molecule has 4 N–H and O–H groups in total. The number of aryl methyl sites for hydroxylation is 4. The zero-order valence-electron chi connectivity index (χ0n) is 57.5. The van der Waals surface area contributed by atoms with Crippen molar-refractivity contribution in [2.24, 2.45) is 5.41 Å². The van der Waals surface area contributed by atoms with E-state index in [2.05, 4.69) is 0 Å². The second kappa shape index (κ2) is 26.7. The zero-order chi connectivity index (χ0) is 65.9. The number of rotatable bonds is 20. The molecule has 0 saturated heterocycles. The molecule has 478 valence electrons. The number of hydrogen-bond donors (Lipinski definition) is 4. The first-order chi connectivity index (χ1) is 38.9. The fraction of sp³-hybridized carbons (Fsp3) is 0.622. The standard InChI is InChI=1S/C74H110O12/c1-45(86-61(78)33-29-49-40-56(72(20,21)22)65(82)57(41-49)73(23,24)25)74(42-83-58(75)30-26-46-34-50(66(2,3)4)62(79)51(35-46)67(5,6)7,43-84-59(76)31-27-47-36-52(68(8,9)10)63(80)53(37-47)69(11,12)13)44-85-60(77)32-28-48-38-54(70(14,15)16)64(81)55(39-48)71(17,18)19/h34-41,45,79-82H,26-33,42-44H2,1-25H3. The summed E-state index contributed by atoms with van der Waals surface area (Å²) < 4.78 is 24.8. The number of hydrogen-bond acceptors (Lipinski definition) is 12. The molecule has 12 heteroatoms. The maximum Gasteiger partial charge on any atom is 0.306 e. The van der Waals surface area contributed by atoms with Gasteiger partial charge in [-0.15, -0.1) is 0 Å². The molecule has 4 aromatic carbocycles. The minimum atomic E-state index is -1.62. The fourth-order valence-electron chi connectivity index (χ4n) is 10.7. The van der Waals surface area contributed by atoms with Gasteiger partial charge in [-0.2, -0.15) is 0 Å². The molecule has 0 spiro atoms. The van der Waals surface area contributed by atoms with Crippen molar-refractivity contribution in [3.63, 3.8) is 0 Å². The van der Waals surface area contributed by atoms with Gasteiger partial charge in [-0.05, 0) is 143 Å². The van der Waals surface area contributed by atoms with Gasteiger partial charge in [0.25, 0.3) is 0 Å². The number of aromatic hydroxyl groups is 4. The van der Waals surface area contributed by atoms with E-state index < -0.39 is 98.5 Å². The second-order valence-electron chi connectivity index (χ2n) is 32.6. The van der Waals surface area contributed by atoms with Crippen LogP contribution in [0.15, 0.2) is 48.5 Å². The minimum absolute atomic E-state index is 0.0685. The predicted molar refractivity (Wildman–Crippen MR) is 346 cm³/mol. The summed E-state index contributed by atoms with van der Waals surface area (Å²) in [7, 11) is 0. The molecule has 12 nitrogen and oxygen atoms in total. The van der Waals surface area contributed by atoms with Gasteiger partial charge >= 0.3 is 23.9 Å². The van der Waals surface area contributed by atoms with Crippen molar-refractivity contribution in [1.29, 1.82) is 0 Å². The maximum absolute atomic E-state index is 14.3. The van der Waals surface area contributed by atoms with Gasteiger partial charge < -0.3 is 39.4 Å². The van der Waals surface area contributed by atoms with Crippen molar-refractivity contribution in [1.82, 2.24) is 0 Å². The Morgan fingerprint density at radius 1 is 0.314 bits per heavy atom. The highest BCUT2D eigenvalue weighted by Crippen LogP contribution is 2.44. The van der Waals surface area contributed by atoms with Crippen molar-refractivity contribution in [3.05, 3.63) is 115 Å². The highest BCUT2D eigenvalue weighted by Gasteiger charge is 2.44. The van der Waals surface area contributed by atoms with E-state index in [0.29, 0.717) is 0 Å². The van der Waals surface area contributed by atoms with E-state index in [4.69, 9.17) is 18.9 Å². The Kier molecular flexibility index (Phi) is 22.5. The van der Waals surface area contributed by atoms with Crippen LogP contribution in [0, 0.1) is 5.41 Å². The van der Waals surface area contributed by atoms with E-state index in [0.717, 1.165) is 66.8 Å². The molecule has 0 aliphatic rings. The van der Waals surface area contributed by atoms with Gasteiger partial charge in [-0.3, -0.25) is 19.2 Å². The summed E-state index contributed by atoms with van der Waals surface area (Å²) in [4.78, 5) is 56.9. The van der Waals surface area contributed by atoms with Crippen LogP contribution in [0.3, 0.4) is 0 Å². The Labute approximate surface area is 517 Å². The van der Waals surface area contributed by atoms with Crippen LogP contribution in [-0.2, 0) is 107 Å². The van der Waals surface area contributed by atoms with Crippen molar-refractivity contribution >= 4 is 23.9 Å². The van der Waals surface area contributed by atoms with Crippen LogP contribution in [0.2, 0.25) is 0 Å². The summed E-state index contributed by atoms with van der Waals surface area (Å²) in [5, 5.41) is 45.8. The van der Waals surface area contributed by atoms with Gasteiger partial charge in [0.05, 0.1) is 0 Å².